The minimum absolute atomic E-state index is 0.0115. The quantitative estimate of drug-likeness (QED) is 0.282. The molecule has 0 heterocycles. The number of amides is 2. The Balaban J connectivity index is 1.95. The number of hydrazine groups is 1. The number of methoxy groups -OCH3 is 1. The average Bonchev–Trinajstić information content (AvgIpc) is 2.64. The Hall–Kier alpha value is -1.72. The van der Waals surface area contributed by atoms with Gasteiger partial charge in [-0.2, -0.15) is 0 Å². The molecule has 0 radical (unpaired) electrons. The van der Waals surface area contributed by atoms with E-state index in [1.54, 1.807) is 37.4 Å². The lowest BCUT2D eigenvalue weighted by molar-refractivity contribution is 0.0934. The van der Waals surface area contributed by atoms with Crippen molar-refractivity contribution in [2.75, 3.05) is 7.11 Å². The Bertz CT molecular complexity index is 960. The van der Waals surface area contributed by atoms with Crippen molar-refractivity contribution >= 4 is 67.7 Å². The summed E-state index contributed by atoms with van der Waals surface area (Å²) in [6.45, 7) is 6.29. The second kappa shape index (κ2) is 9.86. The predicted octanol–water partition coefficient (Wildman–Crippen LogP) is 4.31. The highest BCUT2D eigenvalue weighted by atomic mass is 127. The van der Waals surface area contributed by atoms with E-state index in [0.29, 0.717) is 16.9 Å². The minimum Gasteiger partial charge on any atom is -0.496 e. The zero-order valence-corrected chi connectivity index (χ0v) is 20.9. The van der Waals surface area contributed by atoms with Gasteiger partial charge in [0.25, 0.3) is 11.8 Å². The van der Waals surface area contributed by atoms with Crippen molar-refractivity contribution in [2.24, 2.45) is 0 Å². The summed E-state index contributed by atoms with van der Waals surface area (Å²) in [7, 11) is 1.56. The van der Waals surface area contributed by atoms with Gasteiger partial charge in [-0.3, -0.25) is 25.8 Å². The molecule has 0 atom stereocenters. The van der Waals surface area contributed by atoms with E-state index in [1.807, 2.05) is 6.07 Å². The summed E-state index contributed by atoms with van der Waals surface area (Å²) in [5, 5.41) is 2.53. The number of rotatable bonds is 3. The molecule has 0 bridgehead atoms. The molecule has 2 amide bonds. The van der Waals surface area contributed by atoms with Crippen LogP contribution in [0.2, 0.25) is 0 Å². The molecule has 3 N–H and O–H groups in total. The highest BCUT2D eigenvalue weighted by Gasteiger charge is 2.19. The predicted molar refractivity (Wildman–Crippen MR) is 129 cm³/mol. The van der Waals surface area contributed by atoms with Crippen LogP contribution in [0.4, 0.5) is 0 Å². The lowest BCUT2D eigenvalue weighted by Crippen LogP contribution is -2.48. The van der Waals surface area contributed by atoms with Gasteiger partial charge in [-0.25, -0.2) is 0 Å². The molecule has 0 unspecified atom stereocenters. The number of carbonyl (C=O) groups excluding carboxylic acids is 2. The zero-order valence-electron chi connectivity index (χ0n) is 16.4. The molecule has 29 heavy (non-hydrogen) atoms. The van der Waals surface area contributed by atoms with Crippen LogP contribution in [0.15, 0.2) is 40.9 Å². The van der Waals surface area contributed by atoms with Crippen molar-refractivity contribution < 1.29 is 14.3 Å². The maximum Gasteiger partial charge on any atom is 0.269 e. The van der Waals surface area contributed by atoms with Crippen LogP contribution in [-0.4, -0.2) is 24.0 Å². The van der Waals surface area contributed by atoms with Crippen LogP contribution in [0.1, 0.15) is 47.1 Å². The normalized spacial score (nSPS) is 10.8. The Morgan fingerprint density at radius 2 is 1.66 bits per heavy atom. The van der Waals surface area contributed by atoms with Crippen molar-refractivity contribution in [1.29, 1.82) is 0 Å². The SMILES string of the molecule is COc1ccc(C(=O)NNC(=S)NC(=O)c2ccc(C(C)(C)C)c(Br)c2)cc1I. The zero-order chi connectivity index (χ0) is 21.8. The van der Waals surface area contributed by atoms with Crippen LogP contribution in [0.3, 0.4) is 0 Å². The highest BCUT2D eigenvalue weighted by molar-refractivity contribution is 14.1. The molecular formula is C20H21BrIN3O3S. The largest absolute Gasteiger partial charge is 0.496 e. The molecule has 0 aliphatic carbocycles. The molecule has 0 spiro atoms. The monoisotopic (exact) mass is 589 g/mol. The minimum atomic E-state index is -0.389. The molecule has 2 aromatic carbocycles. The van der Waals surface area contributed by atoms with Crippen LogP contribution in [0, 0.1) is 3.57 Å². The fraction of sp³-hybridized carbons (Fsp3) is 0.250. The first-order valence-corrected chi connectivity index (χ1v) is 10.9. The van der Waals surface area contributed by atoms with Crippen molar-refractivity contribution in [3.8, 4) is 5.75 Å². The van der Waals surface area contributed by atoms with Crippen LogP contribution in [-0.2, 0) is 5.41 Å². The van der Waals surface area contributed by atoms with Crippen LogP contribution >= 0.6 is 50.7 Å². The molecule has 2 aromatic rings. The van der Waals surface area contributed by atoms with Gasteiger partial charge in [0.2, 0.25) is 0 Å². The van der Waals surface area contributed by atoms with E-state index < -0.39 is 0 Å². The lowest BCUT2D eigenvalue weighted by atomic mass is 9.86. The molecule has 0 saturated heterocycles. The summed E-state index contributed by atoms with van der Waals surface area (Å²) in [6.07, 6.45) is 0. The summed E-state index contributed by atoms with van der Waals surface area (Å²) in [5.74, 6) is -0.0853. The van der Waals surface area contributed by atoms with Crippen molar-refractivity contribution in [3.05, 3.63) is 61.1 Å². The first-order chi connectivity index (χ1) is 13.5. The number of thiocarbonyl (C=S) groups is 1. The van der Waals surface area contributed by atoms with Crippen molar-refractivity contribution in [1.82, 2.24) is 16.2 Å². The number of nitrogens with one attached hydrogen (secondary N) is 3. The molecule has 0 aliphatic heterocycles. The van der Waals surface area contributed by atoms with Crippen LogP contribution in [0.25, 0.3) is 0 Å². The highest BCUT2D eigenvalue weighted by Crippen LogP contribution is 2.30. The van der Waals surface area contributed by atoms with Gasteiger partial charge in [-0.1, -0.05) is 42.8 Å². The van der Waals surface area contributed by atoms with E-state index in [1.165, 1.54) is 0 Å². The fourth-order valence-electron chi connectivity index (χ4n) is 2.46. The molecule has 6 nitrogen and oxygen atoms in total. The molecule has 2 rings (SSSR count). The molecule has 9 heteroatoms. The number of carbonyl (C=O) groups is 2. The standard InChI is InChI=1S/C20H21BrIN3O3S/c1-20(2,3)13-7-5-11(9-14(13)21)17(26)23-19(29)25-24-18(27)12-6-8-16(28-4)15(22)10-12/h5-10H,1-4H3,(H,24,27)(H2,23,25,26,29). The van der Waals surface area contributed by atoms with E-state index in [4.69, 9.17) is 17.0 Å². The van der Waals surface area contributed by atoms with E-state index in [-0.39, 0.29) is 22.3 Å². The summed E-state index contributed by atoms with van der Waals surface area (Å²) < 4.78 is 6.82. The topological polar surface area (TPSA) is 79.5 Å². The first kappa shape index (κ1) is 23.6. The molecule has 0 aromatic heterocycles. The maximum atomic E-state index is 12.4. The lowest BCUT2D eigenvalue weighted by Gasteiger charge is -2.21. The third kappa shape index (κ3) is 6.38. The van der Waals surface area contributed by atoms with Crippen LogP contribution < -0.4 is 20.9 Å². The van der Waals surface area contributed by atoms with Gasteiger partial charge in [0.05, 0.1) is 10.7 Å². The Morgan fingerprint density at radius 3 is 2.21 bits per heavy atom. The van der Waals surface area contributed by atoms with Gasteiger partial charge in [-0.15, -0.1) is 0 Å². The Morgan fingerprint density at radius 1 is 1.03 bits per heavy atom. The summed E-state index contributed by atoms with van der Waals surface area (Å²) >= 11 is 10.7. The van der Waals surface area contributed by atoms with E-state index >= 15 is 0 Å². The summed E-state index contributed by atoms with van der Waals surface area (Å²) in [4.78, 5) is 24.6. The van der Waals surface area contributed by atoms with Gasteiger partial charge >= 0.3 is 0 Å². The van der Waals surface area contributed by atoms with Gasteiger partial charge < -0.3 is 4.74 Å². The number of halogens is 2. The van der Waals surface area contributed by atoms with E-state index in [9.17, 15) is 9.59 Å². The Kier molecular flexibility index (Phi) is 8.01. The molecule has 0 saturated carbocycles. The van der Waals surface area contributed by atoms with Crippen LogP contribution in [0.5, 0.6) is 5.75 Å². The Labute approximate surface area is 197 Å². The maximum absolute atomic E-state index is 12.4. The van der Waals surface area contributed by atoms with Gasteiger partial charge in [-0.05, 0) is 76.1 Å². The van der Waals surface area contributed by atoms with E-state index in [2.05, 4.69) is 75.5 Å². The second-order valence-electron chi connectivity index (χ2n) is 7.16. The van der Waals surface area contributed by atoms with Crippen molar-refractivity contribution in [3.63, 3.8) is 0 Å². The third-order valence-electron chi connectivity index (χ3n) is 3.97. The second-order valence-corrected chi connectivity index (χ2v) is 9.58. The molecule has 154 valence electrons. The first-order valence-electron chi connectivity index (χ1n) is 8.58. The van der Waals surface area contributed by atoms with Crippen molar-refractivity contribution in [2.45, 2.75) is 26.2 Å². The fourth-order valence-corrected chi connectivity index (χ4v) is 4.32. The van der Waals surface area contributed by atoms with Gasteiger partial charge in [0, 0.05) is 15.6 Å². The molecule has 0 aliphatic rings. The summed E-state index contributed by atoms with van der Waals surface area (Å²) in [5.41, 5.74) is 6.92. The smallest absolute Gasteiger partial charge is 0.269 e. The number of ether oxygens (including phenoxy) is 1. The number of hydrogen-bond donors (Lipinski definition) is 3. The number of benzene rings is 2. The third-order valence-corrected chi connectivity index (χ3v) is 5.67. The van der Waals surface area contributed by atoms with Gasteiger partial charge in [0.1, 0.15) is 5.75 Å². The number of hydrogen-bond acceptors (Lipinski definition) is 4. The van der Waals surface area contributed by atoms with E-state index in [0.717, 1.165) is 13.6 Å². The average molecular weight is 590 g/mol. The van der Waals surface area contributed by atoms with Gasteiger partial charge in [0.15, 0.2) is 5.11 Å². The molecular weight excluding hydrogens is 569 g/mol. The summed E-state index contributed by atoms with van der Waals surface area (Å²) in [6, 6.07) is 10.4. The molecule has 0 fully saturated rings.